The highest BCUT2D eigenvalue weighted by Gasteiger charge is 2.15. The highest BCUT2D eigenvalue weighted by molar-refractivity contribution is 5.82. The molecule has 2 aromatic rings. The maximum atomic E-state index is 11.7. The highest BCUT2D eigenvalue weighted by Crippen LogP contribution is 2.09. The second-order valence-corrected chi connectivity index (χ2v) is 3.58. The maximum Gasteiger partial charge on any atom is 0.241 e. The van der Waals surface area contributed by atoms with Crippen molar-refractivity contribution in [1.82, 2.24) is 10.5 Å². The molecule has 0 radical (unpaired) electrons. The number of nitrogens with zero attached hydrogens (tertiary/aromatic N) is 1. The van der Waals surface area contributed by atoms with Crippen LogP contribution in [0.1, 0.15) is 17.4 Å². The molecule has 1 atom stereocenters. The minimum absolute atomic E-state index is 0.243. The van der Waals surface area contributed by atoms with Gasteiger partial charge < -0.3 is 15.6 Å². The summed E-state index contributed by atoms with van der Waals surface area (Å²) in [5.74, 6) is 0.353. The van der Waals surface area contributed by atoms with Gasteiger partial charge in [-0.2, -0.15) is 0 Å². The number of carbonyl (C=O) groups is 1. The summed E-state index contributed by atoms with van der Waals surface area (Å²) in [5.41, 5.74) is 6.60. The summed E-state index contributed by atoms with van der Waals surface area (Å²) in [5, 5.41) is 6.23. The van der Waals surface area contributed by atoms with Crippen molar-refractivity contribution in [2.75, 3.05) is 0 Å². The fraction of sp³-hybridized carbons (Fsp3) is 0.167. The third-order valence-electron chi connectivity index (χ3n) is 2.37. The van der Waals surface area contributed by atoms with E-state index in [0.29, 0.717) is 12.3 Å². The van der Waals surface area contributed by atoms with Gasteiger partial charge in [0.2, 0.25) is 5.91 Å². The molecule has 3 N–H and O–H groups in total. The van der Waals surface area contributed by atoms with Crippen LogP contribution in [0.5, 0.6) is 0 Å². The molecule has 0 saturated carbocycles. The Kier molecular flexibility index (Phi) is 3.52. The molecule has 0 spiro atoms. The van der Waals surface area contributed by atoms with Gasteiger partial charge >= 0.3 is 0 Å². The van der Waals surface area contributed by atoms with Crippen LogP contribution in [0.2, 0.25) is 0 Å². The van der Waals surface area contributed by atoms with Crippen molar-refractivity contribution in [1.29, 1.82) is 0 Å². The fourth-order valence-electron chi connectivity index (χ4n) is 1.43. The molecule has 17 heavy (non-hydrogen) atoms. The lowest BCUT2D eigenvalue weighted by molar-refractivity contribution is -0.122. The average molecular weight is 231 g/mol. The Hall–Kier alpha value is -2.14. The van der Waals surface area contributed by atoms with E-state index in [-0.39, 0.29) is 5.91 Å². The van der Waals surface area contributed by atoms with Crippen LogP contribution in [-0.2, 0) is 11.3 Å². The summed E-state index contributed by atoms with van der Waals surface area (Å²) in [6.07, 6.45) is 1.53. The van der Waals surface area contributed by atoms with Crippen LogP contribution in [0.4, 0.5) is 0 Å². The van der Waals surface area contributed by atoms with Gasteiger partial charge in [-0.25, -0.2) is 0 Å². The molecule has 1 aromatic carbocycles. The number of amides is 1. The molecule has 0 bridgehead atoms. The highest BCUT2D eigenvalue weighted by atomic mass is 16.5. The van der Waals surface area contributed by atoms with Gasteiger partial charge in [-0.15, -0.1) is 0 Å². The Morgan fingerprint density at radius 3 is 2.76 bits per heavy atom. The Morgan fingerprint density at radius 1 is 1.35 bits per heavy atom. The van der Waals surface area contributed by atoms with Crippen molar-refractivity contribution in [3.8, 4) is 0 Å². The van der Waals surface area contributed by atoms with E-state index in [1.165, 1.54) is 6.20 Å². The number of rotatable bonds is 4. The minimum atomic E-state index is -0.667. The van der Waals surface area contributed by atoms with Gasteiger partial charge in [0.05, 0.1) is 12.7 Å². The van der Waals surface area contributed by atoms with Crippen molar-refractivity contribution < 1.29 is 9.32 Å². The Bertz CT molecular complexity index is 468. The summed E-state index contributed by atoms with van der Waals surface area (Å²) in [6.45, 7) is 0.291. The number of hydrogen-bond acceptors (Lipinski definition) is 4. The first-order valence-electron chi connectivity index (χ1n) is 5.25. The van der Waals surface area contributed by atoms with Crippen molar-refractivity contribution in [3.05, 3.63) is 53.9 Å². The normalized spacial score (nSPS) is 12.1. The summed E-state index contributed by atoms with van der Waals surface area (Å²) in [6, 6.07) is 10.2. The van der Waals surface area contributed by atoms with Crippen LogP contribution in [0, 0.1) is 0 Å². The van der Waals surface area contributed by atoms with E-state index in [4.69, 9.17) is 10.3 Å². The molecule has 0 unspecified atom stereocenters. The van der Waals surface area contributed by atoms with Crippen molar-refractivity contribution in [3.63, 3.8) is 0 Å². The van der Waals surface area contributed by atoms with Gasteiger partial charge in [0, 0.05) is 6.07 Å². The first kappa shape index (κ1) is 11.3. The van der Waals surface area contributed by atoms with E-state index in [2.05, 4.69) is 10.5 Å². The third kappa shape index (κ3) is 2.92. The quantitative estimate of drug-likeness (QED) is 0.822. The third-order valence-corrected chi connectivity index (χ3v) is 2.37. The van der Waals surface area contributed by atoms with Crippen LogP contribution in [0.3, 0.4) is 0 Å². The van der Waals surface area contributed by atoms with Crippen molar-refractivity contribution >= 4 is 5.91 Å². The lowest BCUT2D eigenvalue weighted by Gasteiger charge is -2.11. The van der Waals surface area contributed by atoms with E-state index in [0.717, 1.165) is 5.56 Å². The average Bonchev–Trinajstić information content (AvgIpc) is 2.89. The Morgan fingerprint density at radius 2 is 2.12 bits per heavy atom. The lowest BCUT2D eigenvalue weighted by atomic mass is 10.1. The molecule has 1 heterocycles. The predicted molar refractivity (Wildman–Crippen MR) is 61.7 cm³/mol. The summed E-state index contributed by atoms with van der Waals surface area (Å²) >= 11 is 0. The summed E-state index contributed by atoms with van der Waals surface area (Å²) in [7, 11) is 0. The molecule has 2 rings (SSSR count). The zero-order valence-electron chi connectivity index (χ0n) is 9.17. The molecule has 0 aliphatic carbocycles. The number of nitrogens with two attached hydrogens (primary N) is 1. The first-order valence-corrected chi connectivity index (χ1v) is 5.25. The van der Waals surface area contributed by atoms with Gasteiger partial charge in [0.25, 0.3) is 0 Å². The Labute approximate surface area is 98.6 Å². The zero-order valence-corrected chi connectivity index (χ0v) is 9.17. The molecule has 1 aromatic heterocycles. The molecule has 0 aliphatic heterocycles. The van der Waals surface area contributed by atoms with Crippen LogP contribution in [-0.4, -0.2) is 11.1 Å². The van der Waals surface area contributed by atoms with E-state index in [9.17, 15) is 4.79 Å². The van der Waals surface area contributed by atoms with Crippen LogP contribution in [0.25, 0.3) is 0 Å². The molecule has 5 nitrogen and oxygen atoms in total. The standard InChI is InChI=1S/C12H13N3O2/c13-11(9-4-2-1-3-5-9)12(16)14-8-10-6-7-15-17-10/h1-7,11H,8,13H2,(H,14,16)/t11-/m1/s1. The number of carbonyl (C=O) groups excluding carboxylic acids is 1. The van der Waals surface area contributed by atoms with Crippen LogP contribution < -0.4 is 11.1 Å². The van der Waals surface area contributed by atoms with Crippen molar-refractivity contribution in [2.45, 2.75) is 12.6 Å². The van der Waals surface area contributed by atoms with Crippen LogP contribution in [0.15, 0.2) is 47.1 Å². The van der Waals surface area contributed by atoms with Gasteiger partial charge in [-0.3, -0.25) is 4.79 Å². The van der Waals surface area contributed by atoms with E-state index < -0.39 is 6.04 Å². The number of nitrogens with one attached hydrogen (secondary N) is 1. The number of hydrogen-bond donors (Lipinski definition) is 2. The second kappa shape index (κ2) is 5.27. The van der Waals surface area contributed by atoms with Crippen molar-refractivity contribution in [2.24, 2.45) is 5.73 Å². The molecular formula is C12H13N3O2. The molecule has 5 heteroatoms. The minimum Gasteiger partial charge on any atom is -0.360 e. The van der Waals surface area contributed by atoms with Gasteiger partial charge in [-0.05, 0) is 5.56 Å². The van der Waals surface area contributed by atoms with E-state index >= 15 is 0 Å². The fourth-order valence-corrected chi connectivity index (χ4v) is 1.43. The monoisotopic (exact) mass is 231 g/mol. The summed E-state index contributed by atoms with van der Waals surface area (Å²) in [4.78, 5) is 11.7. The Balaban J connectivity index is 1.92. The van der Waals surface area contributed by atoms with Gasteiger partial charge in [-0.1, -0.05) is 35.5 Å². The zero-order chi connectivity index (χ0) is 12.1. The number of benzene rings is 1. The largest absolute Gasteiger partial charge is 0.360 e. The molecule has 88 valence electrons. The molecule has 0 fully saturated rings. The maximum absolute atomic E-state index is 11.7. The topological polar surface area (TPSA) is 81.2 Å². The van der Waals surface area contributed by atoms with E-state index in [1.807, 2.05) is 30.3 Å². The van der Waals surface area contributed by atoms with Crippen LogP contribution >= 0.6 is 0 Å². The predicted octanol–water partition coefficient (Wildman–Crippen LogP) is 0.991. The summed E-state index contributed by atoms with van der Waals surface area (Å²) < 4.78 is 4.86. The lowest BCUT2D eigenvalue weighted by Crippen LogP contribution is -2.33. The molecule has 1 amide bonds. The SMILES string of the molecule is N[C@@H](C(=O)NCc1ccno1)c1ccccc1. The van der Waals surface area contributed by atoms with E-state index in [1.54, 1.807) is 6.07 Å². The molecular weight excluding hydrogens is 218 g/mol. The molecule has 0 saturated heterocycles. The molecule has 0 aliphatic rings. The number of aromatic nitrogens is 1. The smallest absolute Gasteiger partial charge is 0.241 e. The second-order valence-electron chi connectivity index (χ2n) is 3.58. The van der Waals surface area contributed by atoms with Gasteiger partial charge in [0.1, 0.15) is 6.04 Å². The van der Waals surface area contributed by atoms with Gasteiger partial charge in [0.15, 0.2) is 5.76 Å². The first-order chi connectivity index (χ1) is 8.27.